The third kappa shape index (κ3) is 34.9. The van der Waals surface area contributed by atoms with E-state index in [0.717, 1.165) is 103 Å². The zero-order valence-electron chi connectivity index (χ0n) is 49.3. The molecule has 0 aliphatic carbocycles. The lowest BCUT2D eigenvalue weighted by Crippen LogP contribution is -2.65. The minimum absolute atomic E-state index is 0.254. The van der Waals surface area contributed by atoms with Gasteiger partial charge in [-0.2, -0.15) is 0 Å². The first kappa shape index (κ1) is 72.8. The van der Waals surface area contributed by atoms with Crippen molar-refractivity contribution in [3.8, 4) is 0 Å². The first-order valence-electron chi connectivity index (χ1n) is 31.1. The molecule has 1 amide bonds. The Morgan fingerprint density at radius 3 is 1.32 bits per heavy atom. The maximum absolute atomic E-state index is 13.3. The molecule has 0 aromatic heterocycles. The lowest BCUT2D eigenvalue weighted by atomic mass is 9.97. The van der Waals surface area contributed by atoms with E-state index >= 15 is 0 Å². The normalized spacial score (nSPS) is 25.0. The summed E-state index contributed by atoms with van der Waals surface area (Å²) >= 11 is 0. The largest absolute Gasteiger partial charge is 0.394 e. The lowest BCUT2D eigenvalue weighted by molar-refractivity contribution is -0.359. The first-order valence-corrected chi connectivity index (χ1v) is 31.1. The summed E-state index contributed by atoms with van der Waals surface area (Å²) < 4.78 is 22.8. The van der Waals surface area contributed by atoms with Gasteiger partial charge in [0, 0.05) is 6.42 Å². The van der Waals surface area contributed by atoms with E-state index in [2.05, 4.69) is 116 Å². The van der Waals surface area contributed by atoms with Crippen LogP contribution in [0.1, 0.15) is 206 Å². The van der Waals surface area contributed by atoms with Gasteiger partial charge < -0.3 is 65.1 Å². The van der Waals surface area contributed by atoms with Gasteiger partial charge >= 0.3 is 0 Å². The van der Waals surface area contributed by atoms with Gasteiger partial charge in [-0.1, -0.05) is 226 Å². The zero-order valence-corrected chi connectivity index (χ0v) is 49.3. The molecule has 12 atom stereocenters. The summed E-state index contributed by atoms with van der Waals surface area (Å²) in [5.74, 6) is -0.254. The fourth-order valence-corrected chi connectivity index (χ4v) is 9.48. The molecule has 2 saturated heterocycles. The van der Waals surface area contributed by atoms with Crippen LogP contribution >= 0.6 is 0 Å². The van der Waals surface area contributed by atoms with E-state index in [1.807, 2.05) is 6.08 Å². The van der Waals surface area contributed by atoms with Gasteiger partial charge in [0.15, 0.2) is 12.6 Å². The molecule has 0 spiro atoms. The summed E-state index contributed by atoms with van der Waals surface area (Å²) in [6.45, 7) is 2.65. The molecule has 458 valence electrons. The Kier molecular flexibility index (Phi) is 45.6. The SMILES string of the molecule is CC/C=C\C/C=C\C/C=C\C/C=C\C/C=C\C/C=C\C/C=C\C/C=C\CCCCCCCCCCC(=O)NC(COC1OC(CO)C(OC2OC(CO)C(O)C(O)C2O)C(O)C1O)C(O)/C=C/CCCCCCCCCCCCC. The minimum atomic E-state index is -1.79. The molecule has 2 heterocycles. The second-order valence-corrected chi connectivity index (χ2v) is 21.5. The fraction of sp³-hybridized carbons (Fsp3) is 0.712. The number of aliphatic hydroxyl groups is 8. The number of ether oxygens (including phenoxy) is 4. The monoisotopic (exact) mass is 1130 g/mol. The van der Waals surface area contributed by atoms with Gasteiger partial charge in [-0.15, -0.1) is 0 Å². The predicted octanol–water partition coefficient (Wildman–Crippen LogP) is 11.2. The van der Waals surface area contributed by atoms with Gasteiger partial charge in [-0.25, -0.2) is 0 Å². The van der Waals surface area contributed by atoms with Crippen molar-refractivity contribution in [2.24, 2.45) is 0 Å². The highest BCUT2D eigenvalue weighted by Gasteiger charge is 2.51. The average Bonchev–Trinajstić information content (AvgIpc) is 3.49. The van der Waals surface area contributed by atoms with E-state index in [4.69, 9.17) is 18.9 Å². The van der Waals surface area contributed by atoms with Crippen LogP contribution < -0.4 is 5.32 Å². The van der Waals surface area contributed by atoms with Crippen LogP contribution in [0.25, 0.3) is 0 Å². The number of rotatable bonds is 48. The van der Waals surface area contributed by atoms with E-state index < -0.39 is 86.8 Å². The molecule has 0 aromatic rings. The molecule has 9 N–H and O–H groups in total. The van der Waals surface area contributed by atoms with E-state index in [1.54, 1.807) is 6.08 Å². The lowest BCUT2D eigenvalue weighted by Gasteiger charge is -2.46. The van der Waals surface area contributed by atoms with Crippen molar-refractivity contribution >= 4 is 5.91 Å². The van der Waals surface area contributed by atoms with Gasteiger partial charge in [0.1, 0.15) is 48.8 Å². The molecule has 80 heavy (non-hydrogen) atoms. The van der Waals surface area contributed by atoms with Crippen molar-refractivity contribution < 1.29 is 64.6 Å². The Hall–Kier alpha value is -3.35. The van der Waals surface area contributed by atoms with Gasteiger partial charge in [0.2, 0.25) is 5.91 Å². The smallest absolute Gasteiger partial charge is 0.220 e. The summed E-state index contributed by atoms with van der Waals surface area (Å²) in [5.41, 5.74) is 0. The topological polar surface area (TPSA) is 228 Å². The van der Waals surface area contributed by atoms with Crippen molar-refractivity contribution in [2.75, 3.05) is 19.8 Å². The maximum Gasteiger partial charge on any atom is 0.220 e. The molecular formula is C66H111NO13. The number of unbranched alkanes of at least 4 members (excludes halogenated alkanes) is 19. The van der Waals surface area contributed by atoms with E-state index in [1.165, 1.54) is 77.0 Å². The van der Waals surface area contributed by atoms with Gasteiger partial charge in [-0.3, -0.25) is 4.79 Å². The second kappa shape index (κ2) is 50.2. The number of carbonyl (C=O) groups excluding carboxylic acids is 1. The minimum Gasteiger partial charge on any atom is -0.394 e. The second-order valence-electron chi connectivity index (χ2n) is 21.5. The van der Waals surface area contributed by atoms with Crippen LogP contribution in [0, 0.1) is 0 Å². The zero-order chi connectivity index (χ0) is 58.1. The first-order chi connectivity index (χ1) is 39.1. The number of hydrogen-bond acceptors (Lipinski definition) is 13. The highest BCUT2D eigenvalue weighted by molar-refractivity contribution is 5.76. The molecule has 0 saturated carbocycles. The number of allylic oxidation sites excluding steroid dienone is 17. The molecule has 2 rings (SSSR count). The van der Waals surface area contributed by atoms with Gasteiger partial charge in [-0.05, 0) is 83.5 Å². The predicted molar refractivity (Wildman–Crippen MR) is 322 cm³/mol. The van der Waals surface area contributed by atoms with Crippen LogP contribution in [0.2, 0.25) is 0 Å². The molecule has 2 fully saturated rings. The highest BCUT2D eigenvalue weighted by atomic mass is 16.7. The Morgan fingerprint density at radius 2 is 0.863 bits per heavy atom. The quantitative estimate of drug-likeness (QED) is 0.0204. The van der Waals surface area contributed by atoms with Crippen LogP contribution in [-0.2, 0) is 23.7 Å². The van der Waals surface area contributed by atoms with Crippen LogP contribution in [-0.4, -0.2) is 140 Å². The number of carbonyl (C=O) groups is 1. The Balaban J connectivity index is 1.69. The molecule has 0 aromatic carbocycles. The summed E-state index contributed by atoms with van der Waals surface area (Å²) in [7, 11) is 0. The summed E-state index contributed by atoms with van der Waals surface area (Å²) in [6, 6.07) is -0.926. The molecule has 14 nitrogen and oxygen atoms in total. The fourth-order valence-electron chi connectivity index (χ4n) is 9.48. The maximum atomic E-state index is 13.3. The molecule has 2 aliphatic heterocycles. The van der Waals surface area contributed by atoms with E-state index in [9.17, 15) is 45.6 Å². The number of amides is 1. The standard InChI is InChI=1S/C66H111NO13/c1-3-5-7-9-11-13-15-17-18-19-20-21-22-23-24-25-26-27-28-29-30-31-32-33-34-35-36-38-40-42-44-46-48-50-58(71)67-54(55(70)49-47-45-43-41-39-37-16-14-12-10-8-6-4-2)53-77-65-63(76)61(74)64(57(52-69)79-65)80-66-62(75)60(73)59(72)56(51-68)78-66/h5,7,11,13,17-18,20-21,23-24,26-27,29-30,32-33,47,49,54-57,59-66,68-70,72-76H,3-4,6,8-10,12,14-16,19,22,25,28,31,34-46,48,50-53H2,1-2H3,(H,67,71)/b7-5-,13-11-,18-17-,21-20-,24-23-,27-26-,30-29-,33-32-,49-47+. The van der Waals surface area contributed by atoms with Crippen LogP contribution in [0.4, 0.5) is 0 Å². The van der Waals surface area contributed by atoms with Crippen molar-refractivity contribution in [1.29, 1.82) is 0 Å². The molecule has 14 heteroatoms. The Bertz CT molecular complexity index is 1760. The summed E-state index contributed by atoms with van der Waals surface area (Å²) in [5, 5.41) is 87.1. The average molecular weight is 1130 g/mol. The molecule has 0 bridgehead atoms. The number of nitrogens with one attached hydrogen (secondary N) is 1. The highest BCUT2D eigenvalue weighted by Crippen LogP contribution is 2.30. The Labute approximate surface area is 483 Å². The van der Waals surface area contributed by atoms with Crippen molar-refractivity contribution in [2.45, 2.75) is 280 Å². The summed E-state index contributed by atoms with van der Waals surface area (Å²) in [4.78, 5) is 13.3. The summed E-state index contributed by atoms with van der Waals surface area (Å²) in [6.07, 6.45) is 54.1. The molecule has 12 unspecified atom stereocenters. The number of hydrogen-bond donors (Lipinski definition) is 9. The van der Waals surface area contributed by atoms with Crippen molar-refractivity contribution in [3.63, 3.8) is 0 Å². The third-order valence-electron chi connectivity index (χ3n) is 14.5. The van der Waals surface area contributed by atoms with Gasteiger partial charge in [0.25, 0.3) is 0 Å². The number of aliphatic hydroxyl groups excluding tert-OH is 8. The van der Waals surface area contributed by atoms with Gasteiger partial charge in [0.05, 0.1) is 32.0 Å². The van der Waals surface area contributed by atoms with Crippen molar-refractivity contribution in [3.05, 3.63) is 109 Å². The Morgan fingerprint density at radius 1 is 0.463 bits per heavy atom. The molecule has 0 radical (unpaired) electrons. The van der Waals surface area contributed by atoms with Crippen LogP contribution in [0.15, 0.2) is 109 Å². The van der Waals surface area contributed by atoms with Crippen LogP contribution in [0.3, 0.4) is 0 Å². The van der Waals surface area contributed by atoms with E-state index in [0.29, 0.717) is 6.42 Å². The van der Waals surface area contributed by atoms with Crippen molar-refractivity contribution in [1.82, 2.24) is 5.32 Å². The third-order valence-corrected chi connectivity index (χ3v) is 14.5. The molecular weight excluding hydrogens is 1010 g/mol. The van der Waals surface area contributed by atoms with Crippen LogP contribution in [0.5, 0.6) is 0 Å². The van der Waals surface area contributed by atoms with E-state index in [-0.39, 0.29) is 18.9 Å². The molecule has 2 aliphatic rings.